The molecule has 0 bridgehead atoms. The van der Waals surface area contributed by atoms with E-state index in [0.717, 1.165) is 30.4 Å². The van der Waals surface area contributed by atoms with Gasteiger partial charge in [0, 0.05) is 19.4 Å². The van der Waals surface area contributed by atoms with E-state index in [0.29, 0.717) is 56.1 Å². The number of unbranched alkanes of at least 4 members (excludes halogenated alkanes) is 2. The Labute approximate surface area is 223 Å². The van der Waals surface area contributed by atoms with Crippen molar-refractivity contribution in [2.24, 2.45) is 0 Å². The zero-order valence-corrected chi connectivity index (χ0v) is 21.5. The van der Waals surface area contributed by atoms with Gasteiger partial charge in [-0.3, -0.25) is 14.4 Å². The van der Waals surface area contributed by atoms with Gasteiger partial charge in [0.05, 0.1) is 11.6 Å². The first-order valence-corrected chi connectivity index (χ1v) is 13.2. The largest absolute Gasteiger partial charge is 0.489 e. The van der Waals surface area contributed by atoms with E-state index in [4.69, 9.17) is 9.47 Å². The van der Waals surface area contributed by atoms with Crippen molar-refractivity contribution < 1.29 is 23.9 Å². The van der Waals surface area contributed by atoms with Crippen LogP contribution < -0.4 is 20.1 Å². The number of carbonyl (C=O) groups excluding carboxylic acids is 3. The van der Waals surface area contributed by atoms with Crippen LogP contribution in [0.1, 0.15) is 60.0 Å². The van der Waals surface area contributed by atoms with Gasteiger partial charge in [-0.05, 0) is 48.6 Å². The molecule has 7 nitrogen and oxygen atoms in total. The highest BCUT2D eigenvalue weighted by molar-refractivity contribution is 5.97. The molecule has 1 heterocycles. The summed E-state index contributed by atoms with van der Waals surface area (Å²) in [5.74, 6) is 0.884. The summed E-state index contributed by atoms with van der Waals surface area (Å²) in [6, 6.07) is 24.6. The molecule has 1 unspecified atom stereocenters. The molecule has 0 saturated carbocycles. The zero-order chi connectivity index (χ0) is 26.6. The SMILES string of the molecule is O=C1CCC(C(=O)CCCCCNC(=O)c2cc(OCc3ccccc3)ccc2OCc2ccccc2)N1. The molecule has 2 N–H and O–H groups in total. The topological polar surface area (TPSA) is 93.7 Å². The number of hydrogen-bond acceptors (Lipinski definition) is 5. The van der Waals surface area contributed by atoms with Gasteiger partial charge in [0.1, 0.15) is 24.7 Å². The standard InChI is InChI=1S/C31H34N2O5/c34-28(27-16-18-30(35)33-27)14-8-3-9-19-32-31(36)26-20-25(37-21-23-10-4-1-5-11-23)15-17-29(26)38-22-24-12-6-2-7-13-24/h1-2,4-7,10-13,15,17,20,27H,3,8-9,14,16,18-19,21-22H2,(H,32,36)(H,33,35). The molecule has 1 atom stereocenters. The number of nitrogens with one attached hydrogen (secondary N) is 2. The normalized spacial score (nSPS) is 14.5. The maximum absolute atomic E-state index is 13.1. The van der Waals surface area contributed by atoms with Gasteiger partial charge in [0.2, 0.25) is 5.91 Å². The maximum atomic E-state index is 13.1. The highest BCUT2D eigenvalue weighted by Gasteiger charge is 2.26. The van der Waals surface area contributed by atoms with Gasteiger partial charge in [-0.25, -0.2) is 0 Å². The van der Waals surface area contributed by atoms with Crippen molar-refractivity contribution in [2.75, 3.05) is 6.54 Å². The quantitative estimate of drug-likeness (QED) is 0.296. The van der Waals surface area contributed by atoms with Gasteiger partial charge in [-0.1, -0.05) is 67.1 Å². The van der Waals surface area contributed by atoms with Crippen LogP contribution in [-0.2, 0) is 22.8 Å². The van der Waals surface area contributed by atoms with Crippen molar-refractivity contribution in [3.8, 4) is 11.5 Å². The molecule has 1 aliphatic rings. The summed E-state index contributed by atoms with van der Waals surface area (Å²) in [5.41, 5.74) is 2.46. The van der Waals surface area contributed by atoms with E-state index in [1.165, 1.54) is 0 Å². The summed E-state index contributed by atoms with van der Waals surface area (Å²) >= 11 is 0. The van der Waals surface area contributed by atoms with Crippen LogP contribution in [0.5, 0.6) is 11.5 Å². The average Bonchev–Trinajstić information content (AvgIpc) is 3.40. The molecule has 1 saturated heterocycles. The van der Waals surface area contributed by atoms with E-state index in [9.17, 15) is 14.4 Å². The van der Waals surface area contributed by atoms with Crippen molar-refractivity contribution in [3.05, 3.63) is 95.6 Å². The zero-order valence-electron chi connectivity index (χ0n) is 21.5. The van der Waals surface area contributed by atoms with E-state index in [1.54, 1.807) is 12.1 Å². The van der Waals surface area contributed by atoms with Crippen LogP contribution in [0.4, 0.5) is 0 Å². The first-order chi connectivity index (χ1) is 18.6. The Bertz CT molecular complexity index is 1210. The highest BCUT2D eigenvalue weighted by atomic mass is 16.5. The molecule has 1 aliphatic heterocycles. The summed E-state index contributed by atoms with van der Waals surface area (Å²) in [7, 11) is 0. The number of ketones is 1. The Morgan fingerprint density at radius 3 is 2.18 bits per heavy atom. The minimum Gasteiger partial charge on any atom is -0.489 e. The highest BCUT2D eigenvalue weighted by Crippen LogP contribution is 2.26. The predicted molar refractivity (Wildman–Crippen MR) is 145 cm³/mol. The minimum atomic E-state index is -0.326. The Morgan fingerprint density at radius 1 is 0.842 bits per heavy atom. The number of benzene rings is 3. The second-order valence-electron chi connectivity index (χ2n) is 9.40. The lowest BCUT2D eigenvalue weighted by molar-refractivity contribution is -0.124. The van der Waals surface area contributed by atoms with Crippen LogP contribution >= 0.6 is 0 Å². The molecule has 1 fully saturated rings. The maximum Gasteiger partial charge on any atom is 0.255 e. The second kappa shape index (κ2) is 14.0. The molecule has 3 aromatic carbocycles. The molecule has 38 heavy (non-hydrogen) atoms. The summed E-state index contributed by atoms with van der Waals surface area (Å²) in [6.45, 7) is 1.23. The van der Waals surface area contributed by atoms with Gasteiger partial charge in [-0.2, -0.15) is 0 Å². The number of hydrogen-bond donors (Lipinski definition) is 2. The van der Waals surface area contributed by atoms with Crippen molar-refractivity contribution in [1.82, 2.24) is 10.6 Å². The molecule has 7 heteroatoms. The van der Waals surface area contributed by atoms with Crippen LogP contribution in [0.15, 0.2) is 78.9 Å². The van der Waals surface area contributed by atoms with Crippen LogP contribution in [0.2, 0.25) is 0 Å². The fourth-order valence-electron chi connectivity index (χ4n) is 4.31. The lowest BCUT2D eigenvalue weighted by Gasteiger charge is -2.14. The number of rotatable bonds is 14. The molecular formula is C31H34N2O5. The van der Waals surface area contributed by atoms with Crippen molar-refractivity contribution in [3.63, 3.8) is 0 Å². The molecule has 198 valence electrons. The van der Waals surface area contributed by atoms with E-state index < -0.39 is 0 Å². The van der Waals surface area contributed by atoms with Gasteiger partial charge in [-0.15, -0.1) is 0 Å². The number of Topliss-reactive ketones (excluding diaryl/α,β-unsaturated/α-hetero) is 1. The van der Waals surface area contributed by atoms with E-state index in [-0.39, 0.29) is 23.6 Å². The smallest absolute Gasteiger partial charge is 0.255 e. The van der Waals surface area contributed by atoms with Crippen LogP contribution in [0.25, 0.3) is 0 Å². The second-order valence-corrected chi connectivity index (χ2v) is 9.40. The fraction of sp³-hybridized carbons (Fsp3) is 0.323. The summed E-state index contributed by atoms with van der Waals surface area (Å²) in [6.07, 6.45) is 3.76. The van der Waals surface area contributed by atoms with E-state index in [1.807, 2.05) is 66.7 Å². The third kappa shape index (κ3) is 8.20. The van der Waals surface area contributed by atoms with Gasteiger partial charge < -0.3 is 20.1 Å². The molecule has 0 aliphatic carbocycles. The Hall–Kier alpha value is -4.13. The van der Waals surface area contributed by atoms with Crippen molar-refractivity contribution in [1.29, 1.82) is 0 Å². The molecule has 0 radical (unpaired) electrons. The molecule has 0 spiro atoms. The number of carbonyl (C=O) groups is 3. The van der Waals surface area contributed by atoms with Crippen LogP contribution in [0, 0.1) is 0 Å². The molecule has 0 aromatic heterocycles. The lowest BCUT2D eigenvalue weighted by atomic mass is 10.0. The van der Waals surface area contributed by atoms with Crippen LogP contribution in [0.3, 0.4) is 0 Å². The van der Waals surface area contributed by atoms with Gasteiger partial charge in [0.15, 0.2) is 5.78 Å². The summed E-state index contributed by atoms with van der Waals surface area (Å²) in [5, 5.41) is 5.69. The molecule has 4 rings (SSSR count). The Kier molecular flexibility index (Phi) is 9.90. The van der Waals surface area contributed by atoms with E-state index >= 15 is 0 Å². The lowest BCUT2D eigenvalue weighted by Crippen LogP contribution is -2.32. The minimum absolute atomic E-state index is 0.0484. The summed E-state index contributed by atoms with van der Waals surface area (Å²) < 4.78 is 11.9. The number of amides is 2. The average molecular weight is 515 g/mol. The van der Waals surface area contributed by atoms with Crippen molar-refractivity contribution in [2.45, 2.75) is 57.8 Å². The third-order valence-corrected chi connectivity index (χ3v) is 6.45. The molecule has 2 amide bonds. The molecule has 3 aromatic rings. The molecular weight excluding hydrogens is 480 g/mol. The number of ether oxygens (including phenoxy) is 2. The van der Waals surface area contributed by atoms with Gasteiger partial charge in [0.25, 0.3) is 5.91 Å². The predicted octanol–water partition coefficient (Wildman–Crippen LogP) is 4.98. The monoisotopic (exact) mass is 514 g/mol. The first kappa shape index (κ1) is 26.9. The first-order valence-electron chi connectivity index (χ1n) is 13.2. The van der Waals surface area contributed by atoms with Crippen molar-refractivity contribution >= 4 is 17.6 Å². The Morgan fingerprint density at radius 2 is 1.53 bits per heavy atom. The fourth-order valence-corrected chi connectivity index (χ4v) is 4.31. The van der Waals surface area contributed by atoms with E-state index in [2.05, 4.69) is 10.6 Å². The third-order valence-electron chi connectivity index (χ3n) is 6.45. The summed E-state index contributed by atoms with van der Waals surface area (Å²) in [4.78, 5) is 36.6. The van der Waals surface area contributed by atoms with Crippen LogP contribution in [-0.4, -0.2) is 30.2 Å². The van der Waals surface area contributed by atoms with Gasteiger partial charge >= 0.3 is 0 Å². The Balaban J connectivity index is 1.30.